The molecule has 21 saturated heterocycles. The van der Waals surface area contributed by atoms with E-state index >= 15 is 0 Å². The fourth-order valence-corrected chi connectivity index (χ4v) is 20.3. The molecule has 2 amide bonds. The molecule has 0 radical (unpaired) electrons. The van der Waals surface area contributed by atoms with Crippen LogP contribution >= 0.6 is 66.7 Å². The molecule has 23 rings (SSSR count). The monoisotopic (exact) mass is 1880 g/mol. The normalized spacial score (nSPS) is 39.4. The lowest BCUT2D eigenvalue weighted by atomic mass is 9.95. The molecular formula is C73H113N5O39S6. The zero-order chi connectivity index (χ0) is 88.7. The zero-order valence-electron chi connectivity index (χ0n) is 66.6. The first-order valence-corrected chi connectivity index (χ1v) is 46.8. The Labute approximate surface area is 730 Å². The third-order valence-corrected chi connectivity index (χ3v) is 28.0. The van der Waals surface area contributed by atoms with Crippen LogP contribution in [-0.2, 0) is 95.0 Å². The van der Waals surface area contributed by atoms with Crippen LogP contribution in [0.3, 0.4) is 0 Å². The van der Waals surface area contributed by atoms with Gasteiger partial charge in [0.2, 0.25) is 11.8 Å². The number of pyridine rings is 2. The third-order valence-electron chi connectivity index (χ3n) is 21.1. The number of amides is 2. The van der Waals surface area contributed by atoms with Crippen LogP contribution in [0, 0.1) is 5.92 Å². The molecular weight excluding hydrogens is 1760 g/mol. The van der Waals surface area contributed by atoms with E-state index < -0.39 is 283 Å². The second kappa shape index (κ2) is 50.8. The summed E-state index contributed by atoms with van der Waals surface area (Å²) in [5.41, 5.74) is 0. The number of carbonyl (C=O) groups is 4. The molecule has 0 spiro atoms. The van der Waals surface area contributed by atoms with Crippen molar-refractivity contribution in [2.45, 2.75) is 257 Å². The molecule has 21 aliphatic rings. The minimum atomic E-state index is -2.30. The van der Waals surface area contributed by atoms with E-state index in [9.17, 15) is 116 Å². The maximum Gasteiger partial charge on any atom is 0.238 e. The molecule has 50 heteroatoms. The summed E-state index contributed by atoms with van der Waals surface area (Å²) in [6, 6.07) is 9.91. The number of ether oxygens (including phenoxy) is 16. The first-order valence-electron chi connectivity index (χ1n) is 39.8. The fraction of sp³-hybridized carbons (Fsp3) is 0.808. The topological polar surface area (TPSA) is 662 Å². The number of nitrogens with zero attached hydrogens (tertiary/aromatic N) is 2. The number of aromatic nitrogens is 2. The Hall–Kier alpha value is -2.76. The summed E-state index contributed by atoms with van der Waals surface area (Å²) in [6.07, 6.45) is -69.3. The Kier molecular flexibility index (Phi) is 42.2. The van der Waals surface area contributed by atoms with E-state index in [-0.39, 0.29) is 81.8 Å². The molecule has 37 atom stereocenters. The second-order valence-corrected chi connectivity index (χ2v) is 36.8. The second-order valence-electron chi connectivity index (χ2n) is 29.8. The van der Waals surface area contributed by atoms with E-state index in [2.05, 4.69) is 25.9 Å². The van der Waals surface area contributed by atoms with E-state index in [1.165, 1.54) is 57.1 Å². The highest BCUT2D eigenvalue weighted by Crippen LogP contribution is 2.41. The van der Waals surface area contributed by atoms with E-state index in [0.29, 0.717) is 16.5 Å². The first kappa shape index (κ1) is 102. The molecule has 2 aromatic heterocycles. The molecule has 0 saturated carbocycles. The van der Waals surface area contributed by atoms with Crippen molar-refractivity contribution in [1.82, 2.24) is 25.9 Å². The number of rotatable bonds is 37. The predicted molar refractivity (Wildman–Crippen MR) is 428 cm³/mol. The molecule has 0 aliphatic carbocycles. The van der Waals surface area contributed by atoms with Gasteiger partial charge in [-0.1, -0.05) is 33.7 Å². The van der Waals surface area contributed by atoms with Crippen molar-refractivity contribution < 1.29 is 192 Å². The molecule has 23 heterocycles. The van der Waals surface area contributed by atoms with Crippen LogP contribution in [0.5, 0.6) is 0 Å². The molecule has 123 heavy (non-hydrogen) atoms. The van der Waals surface area contributed by atoms with Gasteiger partial charge in [-0.25, -0.2) is 9.97 Å². The Bertz CT molecular complexity index is 3460. The van der Waals surface area contributed by atoms with Gasteiger partial charge in [-0.2, -0.15) is 23.5 Å². The van der Waals surface area contributed by atoms with Crippen LogP contribution < -0.4 is 16.0 Å². The van der Waals surface area contributed by atoms with Crippen molar-refractivity contribution in [2.75, 3.05) is 114 Å². The number of likely N-dealkylation sites (N-methyl/N-ethyl adjacent to an activating group) is 1. The highest BCUT2D eigenvalue weighted by molar-refractivity contribution is 8.77. The minimum Gasteiger partial charge on any atom is -0.394 e. The first-order chi connectivity index (χ1) is 59.1. The van der Waals surface area contributed by atoms with Crippen molar-refractivity contribution in [3.8, 4) is 0 Å². The Morgan fingerprint density at radius 1 is 0.390 bits per heavy atom. The third kappa shape index (κ3) is 27.5. The summed E-state index contributed by atoms with van der Waals surface area (Å²) >= 11 is 1.96. The molecule has 700 valence electrons. The quantitative estimate of drug-likeness (QED) is 0.0221. The number of Topliss-reactive ketones (excluding diaryl/α,β-unsaturated/α-hetero) is 2. The van der Waals surface area contributed by atoms with Crippen molar-refractivity contribution in [3.63, 3.8) is 0 Å². The van der Waals surface area contributed by atoms with Crippen LogP contribution in [0.1, 0.15) is 26.2 Å². The van der Waals surface area contributed by atoms with Crippen molar-refractivity contribution >= 4 is 90.1 Å². The van der Waals surface area contributed by atoms with Crippen molar-refractivity contribution in [3.05, 3.63) is 48.8 Å². The van der Waals surface area contributed by atoms with Crippen molar-refractivity contribution in [1.29, 1.82) is 0 Å². The summed E-state index contributed by atoms with van der Waals surface area (Å²) in [5.74, 6) is -2.59. The number of ketones is 2. The lowest BCUT2D eigenvalue weighted by Gasteiger charge is -2.50. The van der Waals surface area contributed by atoms with E-state index in [0.717, 1.165) is 28.5 Å². The molecule has 2 aromatic rings. The summed E-state index contributed by atoms with van der Waals surface area (Å²) in [4.78, 5) is 61.3. The van der Waals surface area contributed by atoms with Gasteiger partial charge in [0.05, 0.1) is 83.6 Å². The maximum absolute atomic E-state index is 14.2. The molecule has 14 bridgehead atoms. The number of nitrogens with one attached hydrogen (secondary N) is 3. The molecule has 44 nitrogen and oxygen atoms in total. The number of thioether (sulfide) groups is 2. The molecule has 21 fully saturated rings. The van der Waals surface area contributed by atoms with Gasteiger partial charge in [-0.3, -0.25) is 19.2 Å². The van der Waals surface area contributed by atoms with Gasteiger partial charge in [-0.15, -0.1) is 0 Å². The lowest BCUT2D eigenvalue weighted by molar-refractivity contribution is -0.395. The molecule has 0 aromatic carbocycles. The fourth-order valence-electron chi connectivity index (χ4n) is 14.3. The minimum absolute atomic E-state index is 0.0233. The number of aliphatic hydroxyl groups excluding tert-OH is 19. The van der Waals surface area contributed by atoms with Gasteiger partial charge in [0.15, 0.2) is 44.0 Å². The summed E-state index contributed by atoms with van der Waals surface area (Å²) in [6.45, 7) is -3.37. The largest absolute Gasteiger partial charge is 0.394 e. The van der Waals surface area contributed by atoms with E-state index in [1.807, 2.05) is 18.2 Å². The Morgan fingerprint density at radius 3 is 0.992 bits per heavy atom. The van der Waals surface area contributed by atoms with Gasteiger partial charge in [0, 0.05) is 79.3 Å². The molecule has 16 unspecified atom stereocenters. The van der Waals surface area contributed by atoms with Crippen molar-refractivity contribution in [2.24, 2.45) is 5.92 Å². The van der Waals surface area contributed by atoms with Gasteiger partial charge < -0.3 is 189 Å². The number of hydrogen-bond donors (Lipinski definition) is 22. The van der Waals surface area contributed by atoms with Crippen LogP contribution in [-0.4, -0.2) is 465 Å². The number of aliphatic hydroxyl groups is 19. The van der Waals surface area contributed by atoms with Crippen LogP contribution in [0.4, 0.5) is 0 Å². The van der Waals surface area contributed by atoms with Gasteiger partial charge in [0.1, 0.15) is 180 Å². The average Bonchev–Trinajstić information content (AvgIpc) is 0.886. The number of hydrogen-bond acceptors (Lipinski definition) is 48. The Balaban J connectivity index is 0.912. The lowest BCUT2D eigenvalue weighted by Crippen LogP contribution is -2.68. The van der Waals surface area contributed by atoms with Crippen LogP contribution in [0.25, 0.3) is 0 Å². The van der Waals surface area contributed by atoms with E-state index in [1.54, 1.807) is 30.6 Å². The average molecular weight is 1880 g/mol. The number of carbonyl (C=O) groups excluding carboxylic acids is 4. The predicted octanol–water partition coefficient (Wildman–Crippen LogP) is -9.28. The van der Waals surface area contributed by atoms with Crippen LogP contribution in [0.2, 0.25) is 0 Å². The highest BCUT2D eigenvalue weighted by Gasteiger charge is 2.60. The smallest absolute Gasteiger partial charge is 0.238 e. The van der Waals surface area contributed by atoms with E-state index in [4.69, 9.17) is 75.8 Å². The Morgan fingerprint density at radius 2 is 0.691 bits per heavy atom. The zero-order valence-corrected chi connectivity index (χ0v) is 71.5. The molecule has 22 N–H and O–H groups in total. The van der Waals surface area contributed by atoms with Gasteiger partial charge >= 0.3 is 0 Å². The van der Waals surface area contributed by atoms with Gasteiger partial charge in [0.25, 0.3) is 0 Å². The summed E-state index contributed by atoms with van der Waals surface area (Å²) in [7, 11) is 7.12. The highest BCUT2D eigenvalue weighted by atomic mass is 33.1. The maximum atomic E-state index is 14.2. The summed E-state index contributed by atoms with van der Waals surface area (Å²) < 4.78 is 95.5. The summed E-state index contributed by atoms with van der Waals surface area (Å²) in [5, 5.41) is 231. The van der Waals surface area contributed by atoms with Crippen LogP contribution in [0.15, 0.2) is 58.8 Å². The SMILES string of the molecule is CNC(CSCC1O[C@H]2O[C@@H]3C(CO)O[C@H](O[C@@H]4C(CO)O[C@H](O[C@@H]5C(CO)O[C@@H](O[C@@H]6C(CSCC(CC(=O)CCOCCOCCC(C)=O)C(=O)NCCSSc7ccccn7)O[C@H](O[C@@H]7C(CO)O[C@@H](O[C@@H]8C(CO)O[C@@H](O[C@H]1[C@H](O)C2O)C(O)[C@H]8O)C(O)[C@H]7O)C(O)[C@H]6O)C(O)[C@H]5O)C(O)[C@H]4O)C(O)[C@H]3O)C(=O)NCCSSc1ccccn1. The standard InChI is InChI=1S/C73H113N5O39S6/c1-31(84)9-15-102-17-18-103-16-10-33(85)21-32(65(100)77-13-19-120-122-42-7-3-5-11-75-42)27-118-29-40-63-49(91)56(98)72(109-40)114-61-38(25-82)105-69(52(94)45(61)87)113-60-37(24-81)108-71(55(97)48(60)90)117-64-41(30-119-28-34(74-2)66(101)78-14-20-121-123-43-8-4-6-12-76-43)110-73(57(99)50(64)92)115-62-39(26-83)106-68(53(95)46(62)88)111-58-35(22-79)104-67(51(93)44(58)86)112-59-36(23-80)107-70(116-63)54(96)47(59)89/h3-8,11-12,32,34-41,44-64,67-74,79-83,86-99H,9-10,13-30H2,1-2H3,(H,77,100)(H,78,101)/t32?,34?,35?,36?,37?,38?,39?,40?,41?,44-,45-,46-,47-,48-,49-,50-,51?,52?,53?,54?,55?,56?,57?,58-,59-,60-,61-,62-,63-,64-,67-,68-,69+,70+,71+,72-,73+/m1/s1. The molecule has 21 aliphatic heterocycles. The van der Waals surface area contributed by atoms with Gasteiger partial charge in [-0.05, 0) is 59.8 Å².